The number of para-hydroxylation sites is 1. The quantitative estimate of drug-likeness (QED) is 0.518. The summed E-state index contributed by atoms with van der Waals surface area (Å²) in [6, 6.07) is 17.1. The van der Waals surface area contributed by atoms with E-state index >= 15 is 0 Å². The molecular formula is C22H20N2O3. The van der Waals surface area contributed by atoms with Crippen LogP contribution in [0.1, 0.15) is 28.5 Å². The first-order valence-corrected chi connectivity index (χ1v) is 8.93. The van der Waals surface area contributed by atoms with Crippen molar-refractivity contribution in [2.75, 3.05) is 6.61 Å². The molecular weight excluding hydrogens is 340 g/mol. The van der Waals surface area contributed by atoms with Crippen LogP contribution in [0.25, 0.3) is 22.1 Å². The molecule has 0 saturated carbocycles. The van der Waals surface area contributed by atoms with Gasteiger partial charge in [0.1, 0.15) is 5.56 Å². The molecule has 0 aliphatic carbocycles. The molecule has 0 N–H and O–H groups in total. The Balaban J connectivity index is 2.18. The Morgan fingerprint density at radius 3 is 2.41 bits per heavy atom. The number of nitrogens with zero attached hydrogens (tertiary/aromatic N) is 2. The van der Waals surface area contributed by atoms with E-state index in [4.69, 9.17) is 4.74 Å². The predicted molar refractivity (Wildman–Crippen MR) is 106 cm³/mol. The van der Waals surface area contributed by atoms with Crippen LogP contribution in [0, 0.1) is 13.8 Å². The molecule has 0 aliphatic heterocycles. The van der Waals surface area contributed by atoms with Gasteiger partial charge in [0.15, 0.2) is 0 Å². The van der Waals surface area contributed by atoms with Gasteiger partial charge in [0.25, 0.3) is 0 Å². The monoisotopic (exact) mass is 360 g/mol. The second-order valence-electron chi connectivity index (χ2n) is 6.56. The summed E-state index contributed by atoms with van der Waals surface area (Å²) >= 11 is 0. The van der Waals surface area contributed by atoms with Crippen molar-refractivity contribution in [2.24, 2.45) is 0 Å². The molecule has 4 rings (SSSR count). The number of hydrogen-bond acceptors (Lipinski definition) is 3. The lowest BCUT2D eigenvalue weighted by molar-refractivity contribution is 0.0526. The minimum atomic E-state index is -0.427. The Kier molecular flexibility index (Phi) is 4.07. The summed E-state index contributed by atoms with van der Waals surface area (Å²) in [5.41, 5.74) is 3.92. The van der Waals surface area contributed by atoms with E-state index in [0.717, 1.165) is 16.5 Å². The van der Waals surface area contributed by atoms with Crippen molar-refractivity contribution >= 4 is 22.4 Å². The van der Waals surface area contributed by atoms with E-state index in [1.54, 1.807) is 22.8 Å². The van der Waals surface area contributed by atoms with Gasteiger partial charge in [-0.05, 0) is 45.0 Å². The second kappa shape index (κ2) is 6.43. The van der Waals surface area contributed by atoms with Crippen LogP contribution in [-0.2, 0) is 4.74 Å². The van der Waals surface area contributed by atoms with Crippen LogP contribution in [0.4, 0.5) is 0 Å². The topological polar surface area (TPSA) is 52.7 Å². The number of aromatic nitrogens is 2. The number of carbonyl (C=O) groups is 1. The Morgan fingerprint density at radius 1 is 1.00 bits per heavy atom. The van der Waals surface area contributed by atoms with Gasteiger partial charge in [-0.25, -0.2) is 9.59 Å². The highest BCUT2D eigenvalue weighted by molar-refractivity contribution is 6.02. The first-order chi connectivity index (χ1) is 13.0. The third-order valence-corrected chi connectivity index (χ3v) is 4.82. The SMILES string of the molecule is CCOC(=O)c1c(C)n(-c2ccc(C)cc2)c(=O)n2c1cc1ccccc12. The van der Waals surface area contributed by atoms with Gasteiger partial charge in [-0.1, -0.05) is 35.9 Å². The summed E-state index contributed by atoms with van der Waals surface area (Å²) in [5.74, 6) is -0.427. The van der Waals surface area contributed by atoms with Crippen LogP contribution in [0.3, 0.4) is 0 Å². The molecule has 5 heteroatoms. The Morgan fingerprint density at radius 2 is 1.70 bits per heavy atom. The number of fused-ring (bicyclic) bond motifs is 3. The van der Waals surface area contributed by atoms with Crippen molar-refractivity contribution in [3.05, 3.63) is 81.9 Å². The standard InChI is InChI=1S/C22H20N2O3/c1-4-27-21(25)20-15(3)23(17-11-9-14(2)10-12-17)22(26)24-18-8-6-5-7-16(18)13-19(20)24/h5-13H,4H2,1-3H3. The van der Waals surface area contributed by atoms with Gasteiger partial charge in [0.05, 0.1) is 23.3 Å². The summed E-state index contributed by atoms with van der Waals surface area (Å²) < 4.78 is 8.46. The van der Waals surface area contributed by atoms with Crippen molar-refractivity contribution in [2.45, 2.75) is 20.8 Å². The van der Waals surface area contributed by atoms with E-state index in [1.165, 1.54) is 0 Å². The molecule has 136 valence electrons. The van der Waals surface area contributed by atoms with Crippen LogP contribution >= 0.6 is 0 Å². The molecule has 0 unspecified atom stereocenters. The van der Waals surface area contributed by atoms with E-state index in [-0.39, 0.29) is 12.3 Å². The molecule has 0 saturated heterocycles. The fourth-order valence-electron chi connectivity index (χ4n) is 3.54. The third kappa shape index (κ3) is 2.63. The summed E-state index contributed by atoms with van der Waals surface area (Å²) in [6.07, 6.45) is 0. The molecule has 0 atom stereocenters. The van der Waals surface area contributed by atoms with Crippen LogP contribution in [0.2, 0.25) is 0 Å². The summed E-state index contributed by atoms with van der Waals surface area (Å²) in [6.45, 7) is 5.82. The maximum atomic E-state index is 13.4. The fraction of sp³-hybridized carbons (Fsp3) is 0.182. The molecule has 0 fully saturated rings. The molecule has 2 heterocycles. The molecule has 0 aliphatic rings. The Bertz CT molecular complexity index is 1230. The molecule has 0 amide bonds. The van der Waals surface area contributed by atoms with E-state index in [2.05, 4.69) is 0 Å². The molecule has 27 heavy (non-hydrogen) atoms. The van der Waals surface area contributed by atoms with Gasteiger partial charge >= 0.3 is 11.7 Å². The van der Waals surface area contributed by atoms with Crippen LogP contribution < -0.4 is 5.69 Å². The lowest BCUT2D eigenvalue weighted by atomic mass is 10.1. The van der Waals surface area contributed by atoms with Crippen molar-refractivity contribution in [1.29, 1.82) is 0 Å². The van der Waals surface area contributed by atoms with Gasteiger partial charge in [-0.2, -0.15) is 0 Å². The van der Waals surface area contributed by atoms with Crippen molar-refractivity contribution in [3.63, 3.8) is 0 Å². The molecule has 4 aromatic rings. The Hall–Kier alpha value is -3.34. The summed E-state index contributed by atoms with van der Waals surface area (Å²) in [5, 5.41) is 0.904. The molecule has 5 nitrogen and oxygen atoms in total. The lowest BCUT2D eigenvalue weighted by Gasteiger charge is -2.16. The van der Waals surface area contributed by atoms with E-state index in [9.17, 15) is 9.59 Å². The zero-order valence-corrected chi connectivity index (χ0v) is 15.5. The third-order valence-electron chi connectivity index (χ3n) is 4.82. The summed E-state index contributed by atoms with van der Waals surface area (Å²) in [4.78, 5) is 26.2. The molecule has 0 bridgehead atoms. The highest BCUT2D eigenvalue weighted by Gasteiger charge is 2.23. The van der Waals surface area contributed by atoms with E-state index < -0.39 is 5.97 Å². The maximum absolute atomic E-state index is 13.4. The van der Waals surface area contributed by atoms with E-state index in [1.807, 2.05) is 61.5 Å². The molecule has 2 aromatic heterocycles. The number of aryl methyl sites for hydroxylation is 1. The zero-order valence-electron chi connectivity index (χ0n) is 15.5. The largest absolute Gasteiger partial charge is 0.462 e. The fourth-order valence-corrected chi connectivity index (χ4v) is 3.54. The second-order valence-corrected chi connectivity index (χ2v) is 6.56. The van der Waals surface area contributed by atoms with Crippen LogP contribution in [0.15, 0.2) is 59.4 Å². The molecule has 0 radical (unpaired) electrons. The number of rotatable bonds is 3. The number of ether oxygens (including phenoxy) is 1. The van der Waals surface area contributed by atoms with Crippen molar-refractivity contribution in [1.82, 2.24) is 8.97 Å². The molecule has 0 spiro atoms. The maximum Gasteiger partial charge on any atom is 0.342 e. The minimum absolute atomic E-state index is 0.208. The number of carbonyl (C=O) groups excluding carboxylic acids is 1. The molecule has 2 aromatic carbocycles. The summed E-state index contributed by atoms with van der Waals surface area (Å²) in [7, 11) is 0. The lowest BCUT2D eigenvalue weighted by Crippen LogP contribution is -2.30. The highest BCUT2D eigenvalue weighted by atomic mass is 16.5. The van der Waals surface area contributed by atoms with Gasteiger partial charge in [-0.3, -0.25) is 8.97 Å². The smallest absolute Gasteiger partial charge is 0.342 e. The van der Waals surface area contributed by atoms with Gasteiger partial charge < -0.3 is 4.74 Å². The Labute approximate surface area is 156 Å². The average molecular weight is 360 g/mol. The van der Waals surface area contributed by atoms with Crippen LogP contribution in [0.5, 0.6) is 0 Å². The number of esters is 1. The van der Waals surface area contributed by atoms with Gasteiger partial charge in [-0.15, -0.1) is 0 Å². The normalized spacial score (nSPS) is 11.2. The van der Waals surface area contributed by atoms with Gasteiger partial charge in [0.2, 0.25) is 0 Å². The first kappa shape index (κ1) is 17.1. The van der Waals surface area contributed by atoms with Crippen LogP contribution in [-0.4, -0.2) is 21.5 Å². The minimum Gasteiger partial charge on any atom is -0.462 e. The highest BCUT2D eigenvalue weighted by Crippen LogP contribution is 2.25. The van der Waals surface area contributed by atoms with E-state index in [0.29, 0.717) is 22.5 Å². The zero-order chi connectivity index (χ0) is 19.1. The van der Waals surface area contributed by atoms with Crippen molar-refractivity contribution < 1.29 is 9.53 Å². The number of hydrogen-bond donors (Lipinski definition) is 0. The first-order valence-electron chi connectivity index (χ1n) is 8.93. The van der Waals surface area contributed by atoms with Gasteiger partial charge in [0, 0.05) is 11.1 Å². The predicted octanol–water partition coefficient (Wildman–Crippen LogP) is 4.04. The average Bonchev–Trinajstić information content (AvgIpc) is 3.03. The van der Waals surface area contributed by atoms with Crippen molar-refractivity contribution in [3.8, 4) is 5.69 Å². The number of benzene rings is 2.